The third-order valence-corrected chi connectivity index (χ3v) is 3.41. The molecule has 0 amide bonds. The van der Waals surface area contributed by atoms with Crippen LogP contribution in [0.2, 0.25) is 0 Å². The second-order valence-electron chi connectivity index (χ2n) is 5.17. The van der Waals surface area contributed by atoms with E-state index in [0.717, 1.165) is 24.9 Å². The molecule has 1 aromatic carbocycles. The van der Waals surface area contributed by atoms with Gasteiger partial charge in [-0.2, -0.15) is 0 Å². The first-order valence-corrected chi connectivity index (χ1v) is 6.26. The highest BCUT2D eigenvalue weighted by Crippen LogP contribution is 2.23. The molecule has 0 aliphatic carbocycles. The van der Waals surface area contributed by atoms with E-state index >= 15 is 0 Å². The van der Waals surface area contributed by atoms with Gasteiger partial charge in [-0.25, -0.2) is 0 Å². The maximum Gasteiger partial charge on any atom is 0.0994 e. The highest BCUT2D eigenvalue weighted by Gasteiger charge is 2.28. The van der Waals surface area contributed by atoms with E-state index in [1.54, 1.807) is 0 Å². The second-order valence-corrected chi connectivity index (χ2v) is 5.17. The average molecular weight is 235 g/mol. The third-order valence-electron chi connectivity index (χ3n) is 3.41. The van der Waals surface area contributed by atoms with Crippen LogP contribution in [-0.4, -0.2) is 40.9 Å². The minimum Gasteiger partial charge on any atom is -0.392 e. The second kappa shape index (κ2) is 5.17. The van der Waals surface area contributed by atoms with Crippen LogP contribution in [0.15, 0.2) is 30.3 Å². The Morgan fingerprint density at radius 2 is 2.06 bits per heavy atom. The molecule has 2 N–H and O–H groups in total. The van der Waals surface area contributed by atoms with Crippen molar-refractivity contribution in [3.63, 3.8) is 0 Å². The molecular formula is C14H21NO2. The monoisotopic (exact) mass is 235 g/mol. The number of aliphatic hydroxyl groups excluding tert-OH is 1. The van der Waals surface area contributed by atoms with Crippen LogP contribution in [0.5, 0.6) is 0 Å². The maximum atomic E-state index is 10.5. The third kappa shape index (κ3) is 3.28. The Morgan fingerprint density at radius 3 is 2.71 bits per heavy atom. The number of likely N-dealkylation sites (tertiary alicyclic amines) is 1. The Kier molecular flexibility index (Phi) is 3.82. The predicted octanol–water partition coefficient (Wildman–Crippen LogP) is 1.35. The number of β-amino-alcohol motifs (C(OH)–C–C–N with tert-alkyl or cyclic N) is 2. The lowest BCUT2D eigenvalue weighted by Gasteiger charge is -2.35. The molecule has 17 heavy (non-hydrogen) atoms. The SMILES string of the molecule is CC(O)(CN1CCCC(O)C1)c1ccccc1. The molecule has 0 aromatic heterocycles. The van der Waals surface area contributed by atoms with E-state index < -0.39 is 5.60 Å². The Labute approximate surface area is 103 Å². The van der Waals surface area contributed by atoms with E-state index in [-0.39, 0.29) is 6.10 Å². The molecule has 3 nitrogen and oxygen atoms in total. The summed E-state index contributed by atoms with van der Waals surface area (Å²) in [6.45, 7) is 4.04. The van der Waals surface area contributed by atoms with Crippen molar-refractivity contribution in [1.29, 1.82) is 0 Å². The smallest absolute Gasteiger partial charge is 0.0994 e. The summed E-state index contributed by atoms with van der Waals surface area (Å²) in [5.74, 6) is 0. The first-order chi connectivity index (χ1) is 8.08. The van der Waals surface area contributed by atoms with Gasteiger partial charge in [0.25, 0.3) is 0 Å². The molecular weight excluding hydrogens is 214 g/mol. The van der Waals surface area contributed by atoms with Gasteiger partial charge in [-0.15, -0.1) is 0 Å². The predicted molar refractivity (Wildman–Crippen MR) is 67.7 cm³/mol. The Hall–Kier alpha value is -0.900. The zero-order valence-electron chi connectivity index (χ0n) is 10.3. The summed E-state index contributed by atoms with van der Waals surface area (Å²) in [6, 6.07) is 9.72. The topological polar surface area (TPSA) is 43.7 Å². The van der Waals surface area contributed by atoms with Gasteiger partial charge in [0.2, 0.25) is 0 Å². The summed E-state index contributed by atoms with van der Waals surface area (Å²) < 4.78 is 0. The van der Waals surface area contributed by atoms with Crippen molar-refractivity contribution < 1.29 is 10.2 Å². The minimum atomic E-state index is -0.849. The Balaban J connectivity index is 2.01. The van der Waals surface area contributed by atoms with Crippen molar-refractivity contribution in [2.75, 3.05) is 19.6 Å². The summed E-state index contributed by atoms with van der Waals surface area (Å²) in [4.78, 5) is 2.14. The van der Waals surface area contributed by atoms with E-state index in [1.807, 2.05) is 37.3 Å². The normalized spacial score (nSPS) is 25.5. The van der Waals surface area contributed by atoms with Gasteiger partial charge in [-0.3, -0.25) is 4.90 Å². The molecule has 94 valence electrons. The zero-order valence-corrected chi connectivity index (χ0v) is 10.3. The van der Waals surface area contributed by atoms with Crippen molar-refractivity contribution in [2.45, 2.75) is 31.5 Å². The van der Waals surface area contributed by atoms with E-state index in [2.05, 4.69) is 4.90 Å². The summed E-state index contributed by atoms with van der Waals surface area (Å²) in [7, 11) is 0. The van der Waals surface area contributed by atoms with Crippen LogP contribution in [0.4, 0.5) is 0 Å². The van der Waals surface area contributed by atoms with Gasteiger partial charge in [-0.1, -0.05) is 30.3 Å². The molecule has 1 heterocycles. The van der Waals surface area contributed by atoms with E-state index in [9.17, 15) is 10.2 Å². The molecule has 0 radical (unpaired) electrons. The highest BCUT2D eigenvalue weighted by molar-refractivity contribution is 5.21. The van der Waals surface area contributed by atoms with Crippen LogP contribution in [0, 0.1) is 0 Å². The molecule has 1 fully saturated rings. The number of aliphatic hydroxyl groups is 2. The summed E-state index contributed by atoms with van der Waals surface area (Å²) in [6.07, 6.45) is 1.64. The number of piperidine rings is 1. The van der Waals surface area contributed by atoms with Gasteiger partial charge >= 0.3 is 0 Å². The molecule has 0 bridgehead atoms. The van der Waals surface area contributed by atoms with Gasteiger partial charge in [0.1, 0.15) is 0 Å². The van der Waals surface area contributed by atoms with E-state index in [1.165, 1.54) is 0 Å². The number of hydrogen-bond donors (Lipinski definition) is 2. The van der Waals surface area contributed by atoms with E-state index in [0.29, 0.717) is 13.1 Å². The number of hydrogen-bond acceptors (Lipinski definition) is 3. The van der Waals surface area contributed by atoms with Gasteiger partial charge in [-0.05, 0) is 31.9 Å². The fourth-order valence-electron chi connectivity index (χ4n) is 2.50. The van der Waals surface area contributed by atoms with Crippen molar-refractivity contribution >= 4 is 0 Å². The summed E-state index contributed by atoms with van der Waals surface area (Å²) >= 11 is 0. The molecule has 3 heteroatoms. The van der Waals surface area contributed by atoms with Crippen LogP contribution >= 0.6 is 0 Å². The fourth-order valence-corrected chi connectivity index (χ4v) is 2.50. The number of benzene rings is 1. The lowest BCUT2D eigenvalue weighted by atomic mass is 9.94. The summed E-state index contributed by atoms with van der Waals surface area (Å²) in [5, 5.41) is 20.1. The molecule has 1 aromatic rings. The summed E-state index contributed by atoms with van der Waals surface area (Å²) in [5.41, 5.74) is 0.0817. The van der Waals surface area contributed by atoms with E-state index in [4.69, 9.17) is 0 Å². The van der Waals surface area contributed by atoms with Crippen LogP contribution in [0.25, 0.3) is 0 Å². The first kappa shape index (κ1) is 12.6. The molecule has 1 aliphatic rings. The average Bonchev–Trinajstić information content (AvgIpc) is 2.29. The number of rotatable bonds is 3. The van der Waals surface area contributed by atoms with Crippen LogP contribution in [0.1, 0.15) is 25.3 Å². The van der Waals surface area contributed by atoms with Gasteiger partial charge in [0.05, 0.1) is 11.7 Å². The Morgan fingerprint density at radius 1 is 1.35 bits per heavy atom. The molecule has 2 unspecified atom stereocenters. The molecule has 0 spiro atoms. The van der Waals surface area contributed by atoms with Gasteiger partial charge < -0.3 is 10.2 Å². The lowest BCUT2D eigenvalue weighted by Crippen LogP contribution is -2.45. The minimum absolute atomic E-state index is 0.240. The first-order valence-electron chi connectivity index (χ1n) is 6.26. The Bertz CT molecular complexity index is 350. The highest BCUT2D eigenvalue weighted by atomic mass is 16.3. The maximum absolute atomic E-state index is 10.5. The van der Waals surface area contributed by atoms with Crippen LogP contribution < -0.4 is 0 Å². The zero-order chi connectivity index (χ0) is 12.3. The van der Waals surface area contributed by atoms with Crippen LogP contribution in [-0.2, 0) is 5.60 Å². The standard InChI is InChI=1S/C14H21NO2/c1-14(17,12-6-3-2-4-7-12)11-15-9-5-8-13(16)10-15/h2-4,6-7,13,16-17H,5,8-11H2,1H3. The largest absolute Gasteiger partial charge is 0.392 e. The molecule has 0 saturated carbocycles. The number of nitrogens with zero attached hydrogens (tertiary/aromatic N) is 1. The van der Waals surface area contributed by atoms with Gasteiger partial charge in [0, 0.05) is 13.1 Å². The molecule has 1 aliphatic heterocycles. The van der Waals surface area contributed by atoms with Crippen molar-refractivity contribution in [2.24, 2.45) is 0 Å². The quantitative estimate of drug-likeness (QED) is 0.831. The molecule has 2 atom stereocenters. The fraction of sp³-hybridized carbons (Fsp3) is 0.571. The lowest BCUT2D eigenvalue weighted by molar-refractivity contribution is -0.0125. The van der Waals surface area contributed by atoms with Crippen molar-refractivity contribution in [1.82, 2.24) is 4.90 Å². The van der Waals surface area contributed by atoms with Crippen LogP contribution in [0.3, 0.4) is 0 Å². The molecule has 2 rings (SSSR count). The van der Waals surface area contributed by atoms with Gasteiger partial charge in [0.15, 0.2) is 0 Å². The van der Waals surface area contributed by atoms with Crippen molar-refractivity contribution in [3.8, 4) is 0 Å². The van der Waals surface area contributed by atoms with Crippen molar-refractivity contribution in [3.05, 3.63) is 35.9 Å². The molecule has 1 saturated heterocycles.